The number of methoxy groups -OCH3 is 3. The molecule has 0 radical (unpaired) electrons. The fraction of sp³-hybridized carbons (Fsp3) is 0.368. The molecule has 1 heterocycles. The van der Waals surface area contributed by atoms with E-state index in [2.05, 4.69) is 11.0 Å². The summed E-state index contributed by atoms with van der Waals surface area (Å²) in [6, 6.07) is 10.2. The van der Waals surface area contributed by atoms with Crippen LogP contribution in [0, 0.1) is 0 Å². The zero-order valence-electron chi connectivity index (χ0n) is 14.5. The fourth-order valence-electron chi connectivity index (χ4n) is 3.28. The van der Waals surface area contributed by atoms with Gasteiger partial charge in [-0.25, -0.2) is 0 Å². The van der Waals surface area contributed by atoms with Crippen molar-refractivity contribution in [3.05, 3.63) is 47.0 Å². The normalized spacial score (nSPS) is 14.1. The van der Waals surface area contributed by atoms with Crippen LogP contribution in [0.5, 0.6) is 17.2 Å². The fourth-order valence-corrected chi connectivity index (χ4v) is 3.28. The van der Waals surface area contributed by atoms with Crippen LogP contribution in [0.25, 0.3) is 0 Å². The zero-order chi connectivity index (χ0) is 17.1. The Balaban J connectivity index is 1.83. The van der Waals surface area contributed by atoms with Crippen molar-refractivity contribution in [1.82, 2.24) is 4.90 Å². The number of hydrogen-bond donors (Lipinski definition) is 1. The highest BCUT2D eigenvalue weighted by Crippen LogP contribution is 2.38. The molecule has 24 heavy (non-hydrogen) atoms. The summed E-state index contributed by atoms with van der Waals surface area (Å²) in [4.78, 5) is 2.39. The predicted octanol–water partition coefficient (Wildman–Crippen LogP) is 2.85. The molecule has 2 N–H and O–H groups in total. The highest BCUT2D eigenvalue weighted by molar-refractivity contribution is 5.54. The first-order valence-electron chi connectivity index (χ1n) is 8.03. The van der Waals surface area contributed by atoms with E-state index in [4.69, 9.17) is 19.9 Å². The van der Waals surface area contributed by atoms with Crippen LogP contribution >= 0.6 is 0 Å². The smallest absolute Gasteiger partial charge is 0.203 e. The van der Waals surface area contributed by atoms with Crippen LogP contribution in [0.4, 0.5) is 5.69 Å². The van der Waals surface area contributed by atoms with E-state index in [1.165, 1.54) is 11.1 Å². The van der Waals surface area contributed by atoms with Gasteiger partial charge in [0.15, 0.2) is 11.5 Å². The summed E-state index contributed by atoms with van der Waals surface area (Å²) in [5.41, 5.74) is 10.8. The van der Waals surface area contributed by atoms with Gasteiger partial charge < -0.3 is 19.9 Å². The number of nitrogens with two attached hydrogens (primary N) is 1. The molecule has 0 saturated heterocycles. The molecule has 5 nitrogen and oxygen atoms in total. The third-order valence-corrected chi connectivity index (χ3v) is 4.52. The van der Waals surface area contributed by atoms with Crippen molar-refractivity contribution in [2.24, 2.45) is 0 Å². The van der Waals surface area contributed by atoms with Crippen molar-refractivity contribution in [2.45, 2.75) is 19.5 Å². The van der Waals surface area contributed by atoms with E-state index in [1.807, 2.05) is 24.3 Å². The Morgan fingerprint density at radius 1 is 1.04 bits per heavy atom. The lowest BCUT2D eigenvalue weighted by atomic mass is 9.97. The highest BCUT2D eigenvalue weighted by atomic mass is 16.5. The largest absolute Gasteiger partial charge is 0.493 e. The molecule has 128 valence electrons. The molecule has 1 aliphatic heterocycles. The first-order valence-corrected chi connectivity index (χ1v) is 8.03. The van der Waals surface area contributed by atoms with E-state index >= 15 is 0 Å². The standard InChI is InChI=1S/C19H24N2O3/c1-22-17-9-13(10-18(23-2)19(17)24-3)11-21-8-7-14-5-4-6-16(20)15(14)12-21/h4-6,9-10H,7-8,11-12,20H2,1-3H3. The van der Waals surface area contributed by atoms with E-state index < -0.39 is 0 Å². The van der Waals surface area contributed by atoms with Crippen LogP contribution in [-0.4, -0.2) is 32.8 Å². The first-order chi connectivity index (χ1) is 11.7. The number of hydrogen-bond acceptors (Lipinski definition) is 5. The molecule has 2 aromatic rings. The lowest BCUT2D eigenvalue weighted by molar-refractivity contribution is 0.245. The number of rotatable bonds is 5. The third-order valence-electron chi connectivity index (χ3n) is 4.52. The van der Waals surface area contributed by atoms with Crippen LogP contribution in [-0.2, 0) is 19.5 Å². The Kier molecular flexibility index (Phi) is 4.81. The minimum absolute atomic E-state index is 0.622. The second-order valence-electron chi connectivity index (χ2n) is 5.98. The van der Waals surface area contributed by atoms with Crippen LogP contribution in [0.3, 0.4) is 0 Å². The SMILES string of the molecule is COc1cc(CN2CCc3cccc(N)c3C2)cc(OC)c1OC. The van der Waals surface area contributed by atoms with Gasteiger partial charge in [0, 0.05) is 25.3 Å². The van der Waals surface area contributed by atoms with Crippen molar-refractivity contribution < 1.29 is 14.2 Å². The van der Waals surface area contributed by atoms with E-state index in [0.29, 0.717) is 17.2 Å². The van der Waals surface area contributed by atoms with Gasteiger partial charge in [-0.2, -0.15) is 0 Å². The van der Waals surface area contributed by atoms with Crippen LogP contribution in [0.1, 0.15) is 16.7 Å². The number of nitrogen functional groups attached to an aromatic ring is 1. The highest BCUT2D eigenvalue weighted by Gasteiger charge is 2.20. The summed E-state index contributed by atoms with van der Waals surface area (Å²) in [6.07, 6.45) is 1.02. The molecular formula is C19H24N2O3. The van der Waals surface area contributed by atoms with Gasteiger partial charge in [0.1, 0.15) is 0 Å². The second-order valence-corrected chi connectivity index (χ2v) is 5.98. The van der Waals surface area contributed by atoms with Gasteiger partial charge in [-0.3, -0.25) is 4.90 Å². The van der Waals surface area contributed by atoms with E-state index in [1.54, 1.807) is 21.3 Å². The zero-order valence-corrected chi connectivity index (χ0v) is 14.5. The maximum Gasteiger partial charge on any atom is 0.203 e. The Bertz CT molecular complexity index is 706. The Morgan fingerprint density at radius 3 is 2.38 bits per heavy atom. The lowest BCUT2D eigenvalue weighted by Gasteiger charge is -2.30. The maximum atomic E-state index is 6.14. The minimum Gasteiger partial charge on any atom is -0.493 e. The van der Waals surface area contributed by atoms with Crippen molar-refractivity contribution in [3.8, 4) is 17.2 Å². The topological polar surface area (TPSA) is 57.0 Å². The van der Waals surface area contributed by atoms with Crippen LogP contribution < -0.4 is 19.9 Å². The molecule has 0 saturated carbocycles. The van der Waals surface area contributed by atoms with Crippen molar-refractivity contribution >= 4 is 5.69 Å². The number of benzene rings is 2. The molecule has 0 aromatic heterocycles. The molecule has 0 spiro atoms. The average molecular weight is 328 g/mol. The number of ether oxygens (including phenoxy) is 3. The van der Waals surface area contributed by atoms with E-state index in [-0.39, 0.29) is 0 Å². The molecule has 0 aliphatic carbocycles. The molecule has 0 unspecified atom stereocenters. The molecule has 3 rings (SSSR count). The van der Waals surface area contributed by atoms with Gasteiger partial charge in [-0.1, -0.05) is 12.1 Å². The van der Waals surface area contributed by atoms with Crippen molar-refractivity contribution in [2.75, 3.05) is 33.6 Å². The van der Waals surface area contributed by atoms with Gasteiger partial charge in [0.25, 0.3) is 0 Å². The van der Waals surface area contributed by atoms with Gasteiger partial charge in [-0.15, -0.1) is 0 Å². The predicted molar refractivity (Wildman–Crippen MR) is 94.8 cm³/mol. The minimum atomic E-state index is 0.622. The second kappa shape index (κ2) is 7.01. The lowest BCUT2D eigenvalue weighted by Crippen LogP contribution is -2.30. The summed E-state index contributed by atoms with van der Waals surface area (Å²) < 4.78 is 16.3. The molecule has 0 atom stereocenters. The number of nitrogens with zero attached hydrogens (tertiary/aromatic N) is 1. The molecule has 1 aliphatic rings. The van der Waals surface area contributed by atoms with E-state index in [9.17, 15) is 0 Å². The van der Waals surface area contributed by atoms with Crippen molar-refractivity contribution in [3.63, 3.8) is 0 Å². The third kappa shape index (κ3) is 3.12. The molecule has 5 heteroatoms. The Hall–Kier alpha value is -2.40. The summed E-state index contributed by atoms with van der Waals surface area (Å²) >= 11 is 0. The van der Waals surface area contributed by atoms with E-state index in [0.717, 1.165) is 37.3 Å². The van der Waals surface area contributed by atoms with Gasteiger partial charge in [0.2, 0.25) is 5.75 Å². The molecule has 0 bridgehead atoms. The quantitative estimate of drug-likeness (QED) is 0.855. The van der Waals surface area contributed by atoms with Crippen molar-refractivity contribution in [1.29, 1.82) is 0 Å². The maximum absolute atomic E-state index is 6.14. The Morgan fingerprint density at radius 2 is 1.75 bits per heavy atom. The summed E-state index contributed by atoms with van der Waals surface area (Å²) in [5, 5.41) is 0. The molecular weight excluding hydrogens is 304 g/mol. The van der Waals surface area contributed by atoms with Gasteiger partial charge in [-0.05, 0) is 41.3 Å². The molecule has 0 fully saturated rings. The first kappa shape index (κ1) is 16.5. The molecule has 2 aromatic carbocycles. The monoisotopic (exact) mass is 328 g/mol. The summed E-state index contributed by atoms with van der Waals surface area (Å²) in [7, 11) is 4.89. The van der Waals surface area contributed by atoms with Crippen LogP contribution in [0.15, 0.2) is 30.3 Å². The Labute approximate surface area is 142 Å². The number of anilines is 1. The molecule has 0 amide bonds. The summed E-state index contributed by atoms with van der Waals surface area (Å²) in [5.74, 6) is 1.99. The van der Waals surface area contributed by atoms with Gasteiger partial charge >= 0.3 is 0 Å². The number of fused-ring (bicyclic) bond motifs is 1. The summed E-state index contributed by atoms with van der Waals surface area (Å²) in [6.45, 7) is 2.68. The van der Waals surface area contributed by atoms with Crippen LogP contribution in [0.2, 0.25) is 0 Å². The van der Waals surface area contributed by atoms with Gasteiger partial charge in [0.05, 0.1) is 21.3 Å². The average Bonchev–Trinajstić information content (AvgIpc) is 2.61.